The monoisotopic (exact) mass is 253 g/mol. The van der Waals surface area contributed by atoms with E-state index in [-0.39, 0.29) is 0 Å². The average Bonchev–Trinajstić information content (AvgIpc) is 2.16. The van der Waals surface area contributed by atoms with E-state index in [0.29, 0.717) is 11.2 Å². The van der Waals surface area contributed by atoms with Crippen molar-refractivity contribution in [2.24, 2.45) is 5.41 Å². The average molecular weight is 253 g/mol. The maximum absolute atomic E-state index is 10.8. The summed E-state index contributed by atoms with van der Waals surface area (Å²) in [5.74, 6) is -2.28. The molecule has 0 unspecified atom stereocenters. The molecule has 0 aromatic rings. The smallest absolute Gasteiger partial charge is 0.475 e. The van der Waals surface area contributed by atoms with E-state index in [1.54, 1.807) is 0 Å². The zero-order valence-electron chi connectivity index (χ0n) is 9.14. The summed E-state index contributed by atoms with van der Waals surface area (Å²) >= 11 is 0. The Morgan fingerprint density at radius 3 is 1.94 bits per heavy atom. The van der Waals surface area contributed by atoms with Gasteiger partial charge in [0.05, 0.1) is 0 Å². The van der Waals surface area contributed by atoms with Gasteiger partial charge in [0.2, 0.25) is 0 Å². The number of hydrogen-bond donors (Lipinski definition) is 2. The molecular weight excluding hydrogens is 239 g/mol. The molecule has 2 rings (SSSR count). The number of carbonyl (C=O) groups is 2. The fourth-order valence-corrected chi connectivity index (χ4v) is 2.10. The van der Waals surface area contributed by atoms with E-state index in [1.165, 1.54) is 12.8 Å². The van der Waals surface area contributed by atoms with Crippen molar-refractivity contribution in [3.63, 3.8) is 0 Å². The lowest BCUT2D eigenvalue weighted by atomic mass is 9.63. The van der Waals surface area contributed by atoms with Crippen LogP contribution in [0.5, 0.6) is 0 Å². The molecule has 2 fully saturated rings. The maximum atomic E-state index is 10.8. The molecular formula is C10H14F3NO3. The summed E-state index contributed by atoms with van der Waals surface area (Å²) in [6, 6.07) is 0. The van der Waals surface area contributed by atoms with E-state index in [1.807, 2.05) is 0 Å². The van der Waals surface area contributed by atoms with Crippen molar-refractivity contribution >= 4 is 11.8 Å². The number of hydrogen-bond acceptors (Lipinski definition) is 3. The van der Waals surface area contributed by atoms with E-state index in [9.17, 15) is 18.0 Å². The summed E-state index contributed by atoms with van der Waals surface area (Å²) in [5.41, 5.74) is 0.461. The van der Waals surface area contributed by atoms with Crippen LogP contribution in [0.15, 0.2) is 0 Å². The number of carbonyl (C=O) groups excluding carboxylic acids is 1. The van der Waals surface area contributed by atoms with Crippen LogP contribution in [-0.2, 0) is 9.59 Å². The molecule has 0 amide bonds. The Hall–Kier alpha value is -1.11. The number of nitrogens with one attached hydrogen (secondary N) is 1. The Bertz CT molecular complexity index is 298. The molecule has 1 saturated carbocycles. The van der Waals surface area contributed by atoms with Gasteiger partial charge in [0.25, 0.3) is 0 Å². The minimum Gasteiger partial charge on any atom is -0.475 e. The number of carboxylic acids is 1. The van der Waals surface area contributed by atoms with Crippen LogP contribution >= 0.6 is 0 Å². The normalized spacial score (nSPS) is 22.4. The molecule has 98 valence electrons. The molecule has 1 aliphatic heterocycles. The van der Waals surface area contributed by atoms with Gasteiger partial charge in [-0.05, 0) is 31.3 Å². The van der Waals surface area contributed by atoms with Crippen LogP contribution in [0, 0.1) is 5.41 Å². The fourth-order valence-electron chi connectivity index (χ4n) is 2.10. The fraction of sp³-hybridized carbons (Fsp3) is 0.800. The predicted molar refractivity (Wildman–Crippen MR) is 52.5 cm³/mol. The Morgan fingerprint density at radius 2 is 1.65 bits per heavy atom. The van der Waals surface area contributed by atoms with Gasteiger partial charge in [-0.1, -0.05) is 0 Å². The summed E-state index contributed by atoms with van der Waals surface area (Å²) in [7, 11) is 0. The standard InChI is InChI=1S/C8H13NO.C2HF3O2/c10-7-5-8(6-7)1-3-9-4-2-8;3-2(4,5)1(6)7/h9H,1-6H2;(H,6,7). The molecule has 2 N–H and O–H groups in total. The second-order valence-electron chi connectivity index (χ2n) is 4.45. The number of ketones is 1. The lowest BCUT2D eigenvalue weighted by Gasteiger charge is -2.43. The summed E-state index contributed by atoms with van der Waals surface area (Å²) in [6.07, 6.45) is -0.902. The summed E-state index contributed by atoms with van der Waals surface area (Å²) in [5, 5.41) is 10.4. The van der Waals surface area contributed by atoms with Crippen molar-refractivity contribution in [2.45, 2.75) is 31.9 Å². The highest BCUT2D eigenvalue weighted by molar-refractivity contribution is 5.86. The second-order valence-corrected chi connectivity index (χ2v) is 4.45. The van der Waals surface area contributed by atoms with Crippen LogP contribution in [0.25, 0.3) is 0 Å². The van der Waals surface area contributed by atoms with Gasteiger partial charge >= 0.3 is 12.1 Å². The van der Waals surface area contributed by atoms with Crippen molar-refractivity contribution in [2.75, 3.05) is 13.1 Å². The molecule has 0 bridgehead atoms. The van der Waals surface area contributed by atoms with Crippen molar-refractivity contribution in [1.29, 1.82) is 0 Å². The predicted octanol–water partition coefficient (Wildman–Crippen LogP) is 1.35. The minimum absolute atomic E-state index is 0.461. The molecule has 0 atom stereocenters. The third kappa shape index (κ3) is 3.99. The molecule has 1 spiro atoms. The number of alkyl halides is 3. The third-order valence-electron chi connectivity index (χ3n) is 3.05. The molecule has 0 aromatic heterocycles. The van der Waals surface area contributed by atoms with Crippen LogP contribution in [0.3, 0.4) is 0 Å². The SMILES string of the molecule is O=C(O)C(F)(F)F.O=C1CC2(CCNCC2)C1. The van der Waals surface area contributed by atoms with Crippen molar-refractivity contribution < 1.29 is 27.9 Å². The molecule has 17 heavy (non-hydrogen) atoms. The quantitative estimate of drug-likeness (QED) is 0.684. The molecule has 2 aliphatic rings. The Balaban J connectivity index is 0.000000185. The van der Waals surface area contributed by atoms with Gasteiger partial charge in [-0.2, -0.15) is 13.2 Å². The lowest BCUT2D eigenvalue weighted by Crippen LogP contribution is -2.45. The van der Waals surface area contributed by atoms with Crippen LogP contribution in [0.2, 0.25) is 0 Å². The minimum atomic E-state index is -5.08. The topological polar surface area (TPSA) is 66.4 Å². The van der Waals surface area contributed by atoms with E-state index in [0.717, 1.165) is 25.9 Å². The molecule has 1 aliphatic carbocycles. The Labute approximate surface area is 96.2 Å². The van der Waals surface area contributed by atoms with Crippen molar-refractivity contribution in [1.82, 2.24) is 5.32 Å². The lowest BCUT2D eigenvalue weighted by molar-refractivity contribution is -0.192. The van der Waals surface area contributed by atoms with Gasteiger partial charge < -0.3 is 10.4 Å². The van der Waals surface area contributed by atoms with Crippen molar-refractivity contribution in [3.8, 4) is 0 Å². The molecule has 1 heterocycles. The van der Waals surface area contributed by atoms with Crippen LogP contribution in [0.1, 0.15) is 25.7 Å². The number of piperidine rings is 1. The molecule has 4 nitrogen and oxygen atoms in total. The Morgan fingerprint density at radius 1 is 1.24 bits per heavy atom. The Kier molecular flexibility index (Phi) is 4.13. The van der Waals surface area contributed by atoms with Gasteiger partial charge in [-0.25, -0.2) is 4.79 Å². The largest absolute Gasteiger partial charge is 0.490 e. The van der Waals surface area contributed by atoms with Gasteiger partial charge in [-0.15, -0.1) is 0 Å². The van der Waals surface area contributed by atoms with E-state index in [4.69, 9.17) is 9.90 Å². The number of carboxylic acid groups (broad SMARTS) is 1. The number of aliphatic carboxylic acids is 1. The van der Waals surface area contributed by atoms with Gasteiger partial charge in [0.15, 0.2) is 0 Å². The summed E-state index contributed by atoms with van der Waals surface area (Å²) in [4.78, 5) is 19.6. The van der Waals surface area contributed by atoms with Crippen LogP contribution < -0.4 is 5.32 Å². The number of halogens is 3. The first-order valence-electron chi connectivity index (χ1n) is 5.28. The maximum Gasteiger partial charge on any atom is 0.490 e. The molecule has 0 radical (unpaired) electrons. The molecule has 1 saturated heterocycles. The zero-order valence-corrected chi connectivity index (χ0v) is 9.14. The summed E-state index contributed by atoms with van der Waals surface area (Å²) < 4.78 is 31.7. The second kappa shape index (κ2) is 5.03. The highest BCUT2D eigenvalue weighted by Crippen LogP contribution is 2.45. The molecule has 7 heteroatoms. The summed E-state index contributed by atoms with van der Waals surface area (Å²) in [6.45, 7) is 2.24. The van der Waals surface area contributed by atoms with E-state index >= 15 is 0 Å². The number of rotatable bonds is 0. The first-order chi connectivity index (χ1) is 7.75. The third-order valence-corrected chi connectivity index (χ3v) is 3.05. The van der Waals surface area contributed by atoms with E-state index < -0.39 is 12.1 Å². The first kappa shape index (κ1) is 14.0. The van der Waals surface area contributed by atoms with Crippen LogP contribution in [-0.4, -0.2) is 36.1 Å². The highest BCUT2D eigenvalue weighted by Gasteiger charge is 2.43. The highest BCUT2D eigenvalue weighted by atomic mass is 19.4. The van der Waals surface area contributed by atoms with Gasteiger partial charge in [0.1, 0.15) is 5.78 Å². The van der Waals surface area contributed by atoms with Gasteiger partial charge in [-0.3, -0.25) is 4.79 Å². The first-order valence-corrected chi connectivity index (χ1v) is 5.28. The van der Waals surface area contributed by atoms with Gasteiger partial charge in [0, 0.05) is 12.8 Å². The number of Topliss-reactive ketones (excluding diaryl/α,β-unsaturated/α-hetero) is 1. The molecule has 0 aromatic carbocycles. The van der Waals surface area contributed by atoms with E-state index in [2.05, 4.69) is 5.32 Å². The van der Waals surface area contributed by atoms with Crippen molar-refractivity contribution in [3.05, 3.63) is 0 Å². The van der Waals surface area contributed by atoms with Crippen LogP contribution in [0.4, 0.5) is 13.2 Å². The zero-order chi connectivity index (χ0) is 13.1.